The number of anilines is 1. The Morgan fingerprint density at radius 1 is 0.966 bits per heavy atom. The molecular weight excluding hydrogens is 412 g/mol. The lowest BCUT2D eigenvalue weighted by atomic mass is 10.1. The Bertz CT molecular complexity index is 1110. The van der Waals surface area contributed by atoms with Crippen LogP contribution in [0.15, 0.2) is 46.2 Å². The van der Waals surface area contributed by atoms with Gasteiger partial charge in [0.15, 0.2) is 0 Å². The lowest BCUT2D eigenvalue weighted by Crippen LogP contribution is -2.46. The molecule has 0 spiro atoms. The fourth-order valence-corrected chi connectivity index (χ4v) is 6.00. The second-order valence-electron chi connectivity index (χ2n) is 7.79. The highest BCUT2D eigenvalue weighted by atomic mass is 32.2. The summed E-state index contributed by atoms with van der Waals surface area (Å²) in [5.74, 6) is 0. The van der Waals surface area contributed by atoms with Crippen molar-refractivity contribution in [2.24, 2.45) is 0 Å². The summed E-state index contributed by atoms with van der Waals surface area (Å²) in [4.78, 5) is 0.0859. The molecule has 29 heavy (non-hydrogen) atoms. The standard InChI is InChI=1S/C20H28N2O5S2/c1-14-7-10-17(11-8-14)29(26,27)22(6)19-15(2)9-12-18(16(19)3)28(24,25)21-20(4,5)13-23/h7-12,21,23H,13H2,1-6H3. The van der Waals surface area contributed by atoms with Gasteiger partial charge in [-0.05, 0) is 63.9 Å². The zero-order valence-corrected chi connectivity index (χ0v) is 19.1. The molecule has 0 bridgehead atoms. The lowest BCUT2D eigenvalue weighted by Gasteiger charge is -2.27. The third-order valence-corrected chi connectivity index (χ3v) is 8.29. The van der Waals surface area contributed by atoms with Crippen LogP contribution in [-0.2, 0) is 20.0 Å². The molecule has 2 rings (SSSR count). The van der Waals surface area contributed by atoms with E-state index in [0.29, 0.717) is 16.8 Å². The predicted octanol–water partition coefficient (Wildman–Crippen LogP) is 2.49. The van der Waals surface area contributed by atoms with Crippen LogP contribution in [0.5, 0.6) is 0 Å². The van der Waals surface area contributed by atoms with Crippen molar-refractivity contribution in [1.29, 1.82) is 0 Å². The summed E-state index contributed by atoms with van der Waals surface area (Å²) in [6.45, 7) is 7.90. The Labute approximate surface area is 173 Å². The highest BCUT2D eigenvalue weighted by molar-refractivity contribution is 7.92. The van der Waals surface area contributed by atoms with E-state index >= 15 is 0 Å². The van der Waals surface area contributed by atoms with Crippen LogP contribution in [0, 0.1) is 20.8 Å². The number of aryl methyl sites for hydroxylation is 2. The number of aliphatic hydroxyl groups is 1. The monoisotopic (exact) mass is 440 g/mol. The van der Waals surface area contributed by atoms with Crippen molar-refractivity contribution in [3.8, 4) is 0 Å². The van der Waals surface area contributed by atoms with Gasteiger partial charge in [-0.3, -0.25) is 4.31 Å². The molecule has 7 nitrogen and oxygen atoms in total. The molecule has 2 aromatic carbocycles. The Hall–Kier alpha value is -1.94. The summed E-state index contributed by atoms with van der Waals surface area (Å²) >= 11 is 0. The largest absolute Gasteiger partial charge is 0.394 e. The summed E-state index contributed by atoms with van der Waals surface area (Å²) in [6, 6.07) is 9.49. The molecule has 0 aromatic heterocycles. The van der Waals surface area contributed by atoms with E-state index < -0.39 is 25.6 Å². The number of hydrogen-bond acceptors (Lipinski definition) is 5. The minimum Gasteiger partial charge on any atom is -0.394 e. The number of aliphatic hydroxyl groups excluding tert-OH is 1. The minimum absolute atomic E-state index is 0.0365. The highest BCUT2D eigenvalue weighted by Crippen LogP contribution is 2.33. The van der Waals surface area contributed by atoms with Gasteiger partial charge in [-0.25, -0.2) is 21.6 Å². The maximum atomic E-state index is 13.1. The first-order chi connectivity index (χ1) is 13.2. The number of benzene rings is 2. The summed E-state index contributed by atoms with van der Waals surface area (Å²) in [6.07, 6.45) is 0. The Morgan fingerprint density at radius 3 is 2.03 bits per heavy atom. The van der Waals surface area contributed by atoms with Gasteiger partial charge >= 0.3 is 0 Å². The Balaban J connectivity index is 2.60. The molecule has 160 valence electrons. The molecule has 0 radical (unpaired) electrons. The summed E-state index contributed by atoms with van der Waals surface area (Å²) < 4.78 is 55.6. The summed E-state index contributed by atoms with van der Waals surface area (Å²) in [5.41, 5.74) is 1.11. The average Bonchev–Trinajstić information content (AvgIpc) is 2.60. The Kier molecular flexibility index (Phi) is 6.49. The first kappa shape index (κ1) is 23.3. The molecular formula is C20H28N2O5S2. The van der Waals surface area contributed by atoms with Crippen LogP contribution < -0.4 is 9.03 Å². The first-order valence-electron chi connectivity index (χ1n) is 9.03. The van der Waals surface area contributed by atoms with E-state index in [9.17, 15) is 21.9 Å². The van der Waals surface area contributed by atoms with Crippen molar-refractivity contribution >= 4 is 25.7 Å². The second-order valence-corrected chi connectivity index (χ2v) is 11.4. The second kappa shape index (κ2) is 8.06. The number of nitrogens with zero attached hydrogens (tertiary/aromatic N) is 1. The third kappa shape index (κ3) is 4.80. The van der Waals surface area contributed by atoms with Crippen LogP contribution in [0.4, 0.5) is 5.69 Å². The molecule has 0 heterocycles. The van der Waals surface area contributed by atoms with Gasteiger partial charge in [0.25, 0.3) is 10.0 Å². The van der Waals surface area contributed by atoms with E-state index in [1.807, 2.05) is 6.92 Å². The Morgan fingerprint density at radius 2 is 1.52 bits per heavy atom. The van der Waals surface area contributed by atoms with E-state index in [2.05, 4.69) is 4.72 Å². The van der Waals surface area contributed by atoms with Crippen LogP contribution in [-0.4, -0.2) is 41.1 Å². The molecule has 0 fully saturated rings. The SMILES string of the molecule is Cc1ccc(S(=O)(=O)N(C)c2c(C)ccc(S(=O)(=O)NC(C)(C)CO)c2C)cc1. The van der Waals surface area contributed by atoms with Gasteiger partial charge < -0.3 is 5.11 Å². The van der Waals surface area contributed by atoms with E-state index in [1.165, 1.54) is 25.2 Å². The number of rotatable bonds is 7. The maximum Gasteiger partial charge on any atom is 0.264 e. The molecule has 0 saturated carbocycles. The first-order valence-corrected chi connectivity index (χ1v) is 12.0. The van der Waals surface area contributed by atoms with Crippen LogP contribution in [0.25, 0.3) is 0 Å². The average molecular weight is 441 g/mol. The molecule has 0 unspecified atom stereocenters. The van der Waals surface area contributed by atoms with Crippen molar-refractivity contribution in [2.45, 2.75) is 49.9 Å². The van der Waals surface area contributed by atoms with E-state index in [1.54, 1.807) is 45.9 Å². The van der Waals surface area contributed by atoms with Gasteiger partial charge in [0.1, 0.15) is 0 Å². The lowest BCUT2D eigenvalue weighted by molar-refractivity contribution is 0.208. The minimum atomic E-state index is -3.98. The third-order valence-electron chi connectivity index (χ3n) is 4.67. The van der Waals surface area contributed by atoms with E-state index in [0.717, 1.165) is 9.87 Å². The zero-order valence-electron chi connectivity index (χ0n) is 17.5. The quantitative estimate of drug-likeness (QED) is 0.688. The van der Waals surface area contributed by atoms with Gasteiger partial charge in [-0.1, -0.05) is 23.8 Å². The van der Waals surface area contributed by atoms with Crippen LogP contribution in [0.3, 0.4) is 0 Å². The van der Waals surface area contributed by atoms with Crippen molar-refractivity contribution in [1.82, 2.24) is 4.72 Å². The topological polar surface area (TPSA) is 104 Å². The van der Waals surface area contributed by atoms with Gasteiger partial charge in [0, 0.05) is 7.05 Å². The molecule has 0 aliphatic rings. The fourth-order valence-electron chi connectivity index (χ4n) is 3.03. The van der Waals surface area contributed by atoms with E-state index in [-0.39, 0.29) is 16.4 Å². The number of sulfonamides is 2. The molecule has 0 aliphatic carbocycles. The summed E-state index contributed by atoms with van der Waals surface area (Å²) in [5, 5.41) is 9.40. The van der Waals surface area contributed by atoms with Gasteiger partial charge in [-0.15, -0.1) is 0 Å². The van der Waals surface area contributed by atoms with Crippen LogP contribution in [0.1, 0.15) is 30.5 Å². The van der Waals surface area contributed by atoms with Gasteiger partial charge in [-0.2, -0.15) is 0 Å². The number of nitrogens with one attached hydrogen (secondary N) is 1. The summed E-state index contributed by atoms with van der Waals surface area (Å²) in [7, 11) is -6.45. The number of hydrogen-bond donors (Lipinski definition) is 2. The molecule has 0 amide bonds. The van der Waals surface area contributed by atoms with E-state index in [4.69, 9.17) is 0 Å². The fraction of sp³-hybridized carbons (Fsp3) is 0.400. The van der Waals surface area contributed by atoms with Gasteiger partial charge in [0.05, 0.1) is 27.6 Å². The smallest absolute Gasteiger partial charge is 0.264 e. The van der Waals surface area contributed by atoms with Crippen molar-refractivity contribution in [3.63, 3.8) is 0 Å². The molecule has 2 aromatic rings. The molecule has 0 aliphatic heterocycles. The molecule has 0 atom stereocenters. The molecule has 2 N–H and O–H groups in total. The van der Waals surface area contributed by atoms with Crippen molar-refractivity contribution in [2.75, 3.05) is 18.0 Å². The maximum absolute atomic E-state index is 13.1. The molecule has 0 saturated heterocycles. The normalized spacial score (nSPS) is 12.8. The predicted molar refractivity (Wildman–Crippen MR) is 114 cm³/mol. The zero-order chi connectivity index (χ0) is 22.2. The van der Waals surface area contributed by atoms with Crippen molar-refractivity contribution < 1.29 is 21.9 Å². The van der Waals surface area contributed by atoms with Gasteiger partial charge in [0.2, 0.25) is 10.0 Å². The van der Waals surface area contributed by atoms with Crippen molar-refractivity contribution in [3.05, 3.63) is 53.1 Å². The van der Waals surface area contributed by atoms with Crippen LogP contribution in [0.2, 0.25) is 0 Å². The molecule has 9 heteroatoms. The van der Waals surface area contributed by atoms with Crippen LogP contribution >= 0.6 is 0 Å². The highest BCUT2D eigenvalue weighted by Gasteiger charge is 2.30.